The smallest absolute Gasteiger partial charge is 0.291 e. The SMILES string of the molecule is Cl.Cl.NCCn1cnc(C(=O)NCc2ncccc2Cl)n1. The van der Waals surface area contributed by atoms with E-state index in [4.69, 9.17) is 17.3 Å². The van der Waals surface area contributed by atoms with Gasteiger partial charge in [-0.25, -0.2) is 4.98 Å². The summed E-state index contributed by atoms with van der Waals surface area (Å²) in [5.41, 5.74) is 5.98. The molecule has 0 aliphatic heterocycles. The molecule has 21 heavy (non-hydrogen) atoms. The molecular formula is C11H15Cl3N6O. The molecule has 0 aromatic carbocycles. The molecule has 2 heterocycles. The zero-order valence-electron chi connectivity index (χ0n) is 10.9. The van der Waals surface area contributed by atoms with Crippen LogP contribution in [0.5, 0.6) is 0 Å². The van der Waals surface area contributed by atoms with Crippen molar-refractivity contribution < 1.29 is 4.79 Å². The van der Waals surface area contributed by atoms with Gasteiger partial charge in [-0.3, -0.25) is 14.5 Å². The summed E-state index contributed by atoms with van der Waals surface area (Å²) >= 11 is 5.94. The van der Waals surface area contributed by atoms with Crippen LogP contribution >= 0.6 is 36.4 Å². The van der Waals surface area contributed by atoms with Gasteiger partial charge in [0.1, 0.15) is 6.33 Å². The normalized spacial score (nSPS) is 9.43. The minimum Gasteiger partial charge on any atom is -0.344 e. The van der Waals surface area contributed by atoms with Crippen molar-refractivity contribution in [1.82, 2.24) is 25.1 Å². The van der Waals surface area contributed by atoms with Crippen molar-refractivity contribution in [2.24, 2.45) is 5.73 Å². The maximum Gasteiger partial charge on any atom is 0.291 e. The number of pyridine rings is 1. The summed E-state index contributed by atoms with van der Waals surface area (Å²) in [6, 6.07) is 3.44. The van der Waals surface area contributed by atoms with Gasteiger partial charge >= 0.3 is 0 Å². The average Bonchev–Trinajstić information content (AvgIpc) is 2.87. The Morgan fingerprint density at radius 3 is 2.81 bits per heavy atom. The van der Waals surface area contributed by atoms with Gasteiger partial charge in [-0.1, -0.05) is 11.6 Å². The van der Waals surface area contributed by atoms with Gasteiger partial charge in [-0.05, 0) is 12.1 Å². The van der Waals surface area contributed by atoms with Crippen molar-refractivity contribution >= 4 is 42.3 Å². The second kappa shape index (κ2) is 9.51. The number of nitrogens with zero attached hydrogens (tertiary/aromatic N) is 4. The molecule has 3 N–H and O–H groups in total. The summed E-state index contributed by atoms with van der Waals surface area (Å²) in [7, 11) is 0. The Morgan fingerprint density at radius 2 is 2.14 bits per heavy atom. The Morgan fingerprint density at radius 1 is 1.38 bits per heavy atom. The summed E-state index contributed by atoms with van der Waals surface area (Å²) in [4.78, 5) is 19.8. The number of nitrogens with two attached hydrogens (primary N) is 1. The number of hydrogen-bond acceptors (Lipinski definition) is 5. The second-order valence-corrected chi connectivity index (χ2v) is 4.14. The number of carbonyl (C=O) groups is 1. The summed E-state index contributed by atoms with van der Waals surface area (Å²) < 4.78 is 1.52. The lowest BCUT2D eigenvalue weighted by molar-refractivity contribution is 0.0939. The van der Waals surface area contributed by atoms with Crippen molar-refractivity contribution in [2.45, 2.75) is 13.1 Å². The van der Waals surface area contributed by atoms with Crippen LogP contribution in [0.1, 0.15) is 16.3 Å². The molecule has 10 heteroatoms. The highest BCUT2D eigenvalue weighted by Crippen LogP contribution is 2.11. The van der Waals surface area contributed by atoms with E-state index in [1.54, 1.807) is 18.3 Å². The predicted octanol–water partition coefficient (Wildman–Crippen LogP) is 1.06. The fourth-order valence-corrected chi connectivity index (χ4v) is 1.62. The van der Waals surface area contributed by atoms with E-state index in [1.807, 2.05) is 0 Å². The Kier molecular flexibility index (Phi) is 8.87. The van der Waals surface area contributed by atoms with Crippen LogP contribution in [0.15, 0.2) is 24.7 Å². The van der Waals surface area contributed by atoms with Crippen molar-refractivity contribution in [3.05, 3.63) is 41.2 Å². The number of nitrogens with one attached hydrogen (secondary N) is 1. The van der Waals surface area contributed by atoms with Crippen LogP contribution in [0, 0.1) is 0 Å². The van der Waals surface area contributed by atoms with E-state index < -0.39 is 0 Å². The van der Waals surface area contributed by atoms with Gasteiger partial charge in [0.15, 0.2) is 0 Å². The average molecular weight is 354 g/mol. The summed E-state index contributed by atoms with van der Waals surface area (Å²) in [5.74, 6) is -0.280. The summed E-state index contributed by atoms with van der Waals surface area (Å²) in [6.07, 6.45) is 3.08. The third-order valence-electron chi connectivity index (χ3n) is 2.35. The Bertz CT molecular complexity index is 577. The van der Waals surface area contributed by atoms with E-state index in [0.717, 1.165) is 0 Å². The topological polar surface area (TPSA) is 98.7 Å². The molecule has 0 unspecified atom stereocenters. The van der Waals surface area contributed by atoms with Gasteiger partial charge in [0.05, 0.1) is 23.8 Å². The van der Waals surface area contributed by atoms with Crippen molar-refractivity contribution in [2.75, 3.05) is 6.54 Å². The largest absolute Gasteiger partial charge is 0.344 e. The maximum atomic E-state index is 11.8. The molecule has 0 aliphatic carbocycles. The van der Waals surface area contributed by atoms with Crippen molar-refractivity contribution in [3.8, 4) is 0 Å². The number of carbonyl (C=O) groups excluding carboxylic acids is 1. The minimum absolute atomic E-state index is 0. The monoisotopic (exact) mass is 352 g/mol. The van der Waals surface area contributed by atoms with Crippen LogP contribution in [0.2, 0.25) is 5.02 Å². The molecule has 0 atom stereocenters. The third-order valence-corrected chi connectivity index (χ3v) is 2.69. The molecule has 7 nitrogen and oxygen atoms in total. The van der Waals surface area contributed by atoms with Crippen molar-refractivity contribution in [1.29, 1.82) is 0 Å². The molecule has 2 rings (SSSR count). The lowest BCUT2D eigenvalue weighted by Gasteiger charge is -2.03. The first-order valence-corrected chi connectivity index (χ1v) is 6.05. The second-order valence-electron chi connectivity index (χ2n) is 3.73. The van der Waals surface area contributed by atoms with E-state index in [2.05, 4.69) is 20.4 Å². The lowest BCUT2D eigenvalue weighted by Crippen LogP contribution is -2.25. The third kappa shape index (κ3) is 5.47. The molecule has 116 valence electrons. The van der Waals surface area contributed by atoms with Gasteiger partial charge in [-0.2, -0.15) is 0 Å². The van der Waals surface area contributed by atoms with Crippen LogP contribution in [-0.4, -0.2) is 32.2 Å². The van der Waals surface area contributed by atoms with E-state index >= 15 is 0 Å². The Balaban J connectivity index is 0.00000200. The van der Waals surface area contributed by atoms with Gasteiger partial charge in [0, 0.05) is 12.7 Å². The first kappa shape index (κ1) is 19.6. The van der Waals surface area contributed by atoms with Crippen LogP contribution in [0.3, 0.4) is 0 Å². The van der Waals surface area contributed by atoms with E-state index in [0.29, 0.717) is 23.8 Å². The summed E-state index contributed by atoms with van der Waals surface area (Å²) in [6.45, 7) is 1.18. The molecule has 0 radical (unpaired) electrons. The predicted molar refractivity (Wildman–Crippen MR) is 84.0 cm³/mol. The van der Waals surface area contributed by atoms with Crippen molar-refractivity contribution in [3.63, 3.8) is 0 Å². The van der Waals surface area contributed by atoms with Crippen LogP contribution in [-0.2, 0) is 13.1 Å². The summed E-state index contributed by atoms with van der Waals surface area (Å²) in [5, 5.41) is 7.15. The Hall–Kier alpha value is -1.41. The molecular weight excluding hydrogens is 339 g/mol. The number of rotatable bonds is 5. The number of hydrogen-bond donors (Lipinski definition) is 2. The number of halogens is 3. The van der Waals surface area contributed by atoms with Crippen LogP contribution in [0.4, 0.5) is 0 Å². The van der Waals surface area contributed by atoms with Gasteiger partial charge in [0.2, 0.25) is 5.82 Å². The fraction of sp³-hybridized carbons (Fsp3) is 0.273. The zero-order valence-corrected chi connectivity index (χ0v) is 13.3. The maximum absolute atomic E-state index is 11.8. The minimum atomic E-state index is -0.377. The molecule has 0 fully saturated rings. The highest BCUT2D eigenvalue weighted by Gasteiger charge is 2.11. The lowest BCUT2D eigenvalue weighted by atomic mass is 10.3. The van der Waals surface area contributed by atoms with E-state index in [-0.39, 0.29) is 43.1 Å². The highest BCUT2D eigenvalue weighted by molar-refractivity contribution is 6.31. The molecule has 0 bridgehead atoms. The van der Waals surface area contributed by atoms with Crippen LogP contribution in [0.25, 0.3) is 0 Å². The zero-order chi connectivity index (χ0) is 13.7. The molecule has 0 saturated carbocycles. The molecule has 1 amide bonds. The standard InChI is InChI=1S/C11H13ClN6O.2ClH/c12-8-2-1-4-14-9(8)6-15-11(19)10-16-7-18(17-10)5-3-13;;/h1-2,4,7H,3,5-6,13H2,(H,15,19);2*1H. The number of amides is 1. The van der Waals surface area contributed by atoms with E-state index in [1.165, 1.54) is 11.0 Å². The van der Waals surface area contributed by atoms with Gasteiger partial charge in [0.25, 0.3) is 5.91 Å². The quantitative estimate of drug-likeness (QED) is 0.837. The molecule has 0 spiro atoms. The molecule has 0 saturated heterocycles. The first-order valence-electron chi connectivity index (χ1n) is 5.68. The molecule has 2 aromatic rings. The van der Waals surface area contributed by atoms with Crippen LogP contribution < -0.4 is 11.1 Å². The van der Waals surface area contributed by atoms with E-state index in [9.17, 15) is 4.79 Å². The van der Waals surface area contributed by atoms with Gasteiger partial charge in [-0.15, -0.1) is 29.9 Å². The molecule has 2 aromatic heterocycles. The highest BCUT2D eigenvalue weighted by atomic mass is 35.5. The fourth-order valence-electron chi connectivity index (χ4n) is 1.43. The van der Waals surface area contributed by atoms with Gasteiger partial charge < -0.3 is 11.1 Å². The molecule has 0 aliphatic rings. The number of aromatic nitrogens is 4. The first-order chi connectivity index (χ1) is 9.20. The Labute approximate surface area is 139 Å².